The van der Waals surface area contributed by atoms with Gasteiger partial charge in [0.15, 0.2) is 0 Å². The summed E-state index contributed by atoms with van der Waals surface area (Å²) in [6.45, 7) is 2.54. The fraction of sp³-hybridized carbons (Fsp3) is 0.160. The molecule has 0 saturated carbocycles. The summed E-state index contributed by atoms with van der Waals surface area (Å²) in [5.74, 6) is 0.482. The van der Waals surface area contributed by atoms with Crippen LogP contribution in [0, 0.1) is 6.92 Å². The summed E-state index contributed by atoms with van der Waals surface area (Å²) in [5.41, 5.74) is 4.16. The number of amides is 2. The Morgan fingerprint density at radius 3 is 2.56 bits per heavy atom. The van der Waals surface area contributed by atoms with Crippen LogP contribution in [0.25, 0.3) is 11.0 Å². The van der Waals surface area contributed by atoms with Gasteiger partial charge in [0.1, 0.15) is 12.4 Å². The van der Waals surface area contributed by atoms with Crippen LogP contribution >= 0.6 is 15.9 Å². The molecule has 2 amide bonds. The first-order chi connectivity index (χ1) is 15.5. The lowest BCUT2D eigenvalue weighted by Gasteiger charge is -2.11. The summed E-state index contributed by atoms with van der Waals surface area (Å²) in [6, 6.07) is 22.6. The molecule has 6 nitrogen and oxygen atoms in total. The van der Waals surface area contributed by atoms with Crippen LogP contribution in [0.3, 0.4) is 0 Å². The van der Waals surface area contributed by atoms with Gasteiger partial charge in [-0.15, -0.1) is 0 Å². The predicted molar refractivity (Wildman–Crippen MR) is 130 cm³/mol. The number of halogens is 1. The van der Waals surface area contributed by atoms with Crippen LogP contribution < -0.4 is 10.6 Å². The minimum Gasteiger partial charge on any atom is -0.352 e. The van der Waals surface area contributed by atoms with Gasteiger partial charge in [0.05, 0.1) is 11.0 Å². The summed E-state index contributed by atoms with van der Waals surface area (Å²) in [6.07, 6.45) is 0.510. The van der Waals surface area contributed by atoms with Gasteiger partial charge in [-0.3, -0.25) is 9.59 Å². The molecule has 0 aliphatic heterocycles. The number of imidazole rings is 1. The Labute approximate surface area is 194 Å². The zero-order chi connectivity index (χ0) is 22.5. The fourth-order valence-corrected chi connectivity index (χ4v) is 3.90. The van der Waals surface area contributed by atoms with Gasteiger partial charge in [-0.1, -0.05) is 51.8 Å². The first-order valence-electron chi connectivity index (χ1n) is 10.3. The maximum Gasteiger partial charge on any atom is 0.251 e. The molecule has 0 bridgehead atoms. The van der Waals surface area contributed by atoms with E-state index < -0.39 is 0 Å². The Bertz CT molecular complexity index is 1260. The predicted octanol–water partition coefficient (Wildman–Crippen LogP) is 4.72. The Kier molecular flexibility index (Phi) is 6.66. The van der Waals surface area contributed by atoms with Crippen molar-refractivity contribution in [2.24, 2.45) is 0 Å². The number of aromatic nitrogens is 2. The SMILES string of the molecule is Cc1ccc(C(=O)NCCc2nc3ccccc3n2CC(=O)Nc2cccc(Br)c2)cc1. The molecule has 4 aromatic rings. The van der Waals surface area contributed by atoms with E-state index in [4.69, 9.17) is 4.98 Å². The van der Waals surface area contributed by atoms with Gasteiger partial charge in [0.2, 0.25) is 5.91 Å². The number of para-hydroxylation sites is 2. The second-order valence-corrected chi connectivity index (χ2v) is 8.45. The zero-order valence-electron chi connectivity index (χ0n) is 17.6. The number of anilines is 1. The number of nitrogens with one attached hydrogen (secondary N) is 2. The third-order valence-corrected chi connectivity index (χ3v) is 5.58. The van der Waals surface area contributed by atoms with E-state index >= 15 is 0 Å². The molecule has 0 spiro atoms. The molecular formula is C25H23BrN4O2. The molecule has 3 aromatic carbocycles. The maximum atomic E-state index is 12.7. The zero-order valence-corrected chi connectivity index (χ0v) is 19.2. The van der Waals surface area contributed by atoms with Gasteiger partial charge in [0.25, 0.3) is 5.91 Å². The monoisotopic (exact) mass is 490 g/mol. The van der Waals surface area contributed by atoms with Gasteiger partial charge in [-0.25, -0.2) is 4.98 Å². The van der Waals surface area contributed by atoms with Crippen molar-refractivity contribution in [1.29, 1.82) is 0 Å². The number of nitrogens with zero attached hydrogens (tertiary/aromatic N) is 2. The molecular weight excluding hydrogens is 468 g/mol. The number of carbonyl (C=O) groups is 2. The van der Waals surface area contributed by atoms with Gasteiger partial charge in [0, 0.05) is 28.7 Å². The van der Waals surface area contributed by atoms with Gasteiger partial charge in [-0.2, -0.15) is 0 Å². The molecule has 0 unspecified atom stereocenters. The number of hydrogen-bond acceptors (Lipinski definition) is 3. The van der Waals surface area contributed by atoms with Crippen LogP contribution in [0.1, 0.15) is 21.7 Å². The largest absolute Gasteiger partial charge is 0.352 e. The average molecular weight is 491 g/mol. The Hall–Kier alpha value is -3.45. The lowest BCUT2D eigenvalue weighted by molar-refractivity contribution is -0.116. The quantitative estimate of drug-likeness (QED) is 0.393. The smallest absolute Gasteiger partial charge is 0.251 e. The van der Waals surface area contributed by atoms with E-state index in [1.165, 1.54) is 0 Å². The Morgan fingerprint density at radius 1 is 1.00 bits per heavy atom. The van der Waals surface area contributed by atoms with Gasteiger partial charge >= 0.3 is 0 Å². The molecule has 0 aliphatic carbocycles. The normalized spacial score (nSPS) is 10.8. The molecule has 1 aromatic heterocycles. The highest BCUT2D eigenvalue weighted by atomic mass is 79.9. The summed E-state index contributed by atoms with van der Waals surface area (Å²) < 4.78 is 2.80. The van der Waals surface area contributed by atoms with Crippen molar-refractivity contribution in [3.63, 3.8) is 0 Å². The third-order valence-electron chi connectivity index (χ3n) is 5.09. The van der Waals surface area contributed by atoms with Crippen LogP contribution in [-0.2, 0) is 17.8 Å². The third kappa shape index (κ3) is 5.23. The number of aryl methyl sites for hydroxylation is 1. The second kappa shape index (κ2) is 9.78. The average Bonchev–Trinajstić information content (AvgIpc) is 3.11. The number of benzene rings is 3. The molecule has 2 N–H and O–H groups in total. The van der Waals surface area contributed by atoms with E-state index in [9.17, 15) is 9.59 Å². The molecule has 0 atom stereocenters. The van der Waals surface area contributed by atoms with E-state index in [0.29, 0.717) is 18.5 Å². The number of fused-ring (bicyclic) bond motifs is 1. The van der Waals surface area contributed by atoms with Crippen LogP contribution in [-0.4, -0.2) is 27.9 Å². The molecule has 1 heterocycles. The molecule has 0 saturated heterocycles. The minimum absolute atomic E-state index is 0.125. The summed E-state index contributed by atoms with van der Waals surface area (Å²) in [5, 5.41) is 5.87. The highest BCUT2D eigenvalue weighted by Gasteiger charge is 2.14. The van der Waals surface area contributed by atoms with Crippen LogP contribution in [0.4, 0.5) is 5.69 Å². The minimum atomic E-state index is -0.142. The maximum absolute atomic E-state index is 12.7. The van der Waals surface area contributed by atoms with Gasteiger partial charge in [-0.05, 0) is 49.4 Å². The molecule has 162 valence electrons. The summed E-state index contributed by atoms with van der Waals surface area (Å²) >= 11 is 3.42. The highest BCUT2D eigenvalue weighted by Crippen LogP contribution is 2.18. The van der Waals surface area contributed by atoms with Crippen molar-refractivity contribution >= 4 is 44.5 Å². The first kappa shape index (κ1) is 21.8. The van der Waals surface area contributed by atoms with E-state index in [0.717, 1.165) is 32.6 Å². The summed E-state index contributed by atoms with van der Waals surface area (Å²) in [4.78, 5) is 29.8. The van der Waals surface area contributed by atoms with Crippen molar-refractivity contribution in [2.45, 2.75) is 19.9 Å². The second-order valence-electron chi connectivity index (χ2n) is 7.53. The Balaban J connectivity index is 1.46. The van der Waals surface area contributed by atoms with Crippen LogP contribution in [0.5, 0.6) is 0 Å². The van der Waals surface area contributed by atoms with Crippen molar-refractivity contribution < 1.29 is 9.59 Å². The number of rotatable bonds is 7. The van der Waals surface area contributed by atoms with Crippen LogP contribution in [0.15, 0.2) is 77.3 Å². The fourth-order valence-electron chi connectivity index (χ4n) is 3.50. The van der Waals surface area contributed by atoms with E-state index in [2.05, 4.69) is 26.6 Å². The topological polar surface area (TPSA) is 76.0 Å². The van der Waals surface area contributed by atoms with Crippen molar-refractivity contribution in [1.82, 2.24) is 14.9 Å². The molecule has 0 fully saturated rings. The first-order valence-corrected chi connectivity index (χ1v) is 11.1. The van der Waals surface area contributed by atoms with Crippen molar-refractivity contribution in [3.05, 3.63) is 94.2 Å². The molecule has 7 heteroatoms. The molecule has 4 rings (SSSR count). The van der Waals surface area contributed by atoms with Crippen molar-refractivity contribution in [2.75, 3.05) is 11.9 Å². The number of carbonyl (C=O) groups excluding carboxylic acids is 2. The summed E-state index contributed by atoms with van der Waals surface area (Å²) in [7, 11) is 0. The van der Waals surface area contributed by atoms with Gasteiger partial charge < -0.3 is 15.2 Å². The van der Waals surface area contributed by atoms with E-state index in [1.54, 1.807) is 0 Å². The molecule has 0 radical (unpaired) electrons. The standard InChI is InChI=1S/C25H23BrN4O2/c1-17-9-11-18(12-10-17)25(32)27-14-13-23-29-21-7-2-3-8-22(21)30(23)16-24(31)28-20-6-4-5-19(26)15-20/h2-12,15H,13-14,16H2,1H3,(H,27,32)(H,28,31). The molecule has 32 heavy (non-hydrogen) atoms. The highest BCUT2D eigenvalue weighted by molar-refractivity contribution is 9.10. The van der Waals surface area contributed by atoms with Crippen LogP contribution in [0.2, 0.25) is 0 Å². The van der Waals surface area contributed by atoms with Crippen molar-refractivity contribution in [3.8, 4) is 0 Å². The lowest BCUT2D eigenvalue weighted by Crippen LogP contribution is -2.27. The van der Waals surface area contributed by atoms with E-state index in [-0.39, 0.29) is 18.4 Å². The van der Waals surface area contributed by atoms with E-state index in [1.807, 2.05) is 84.3 Å². The Morgan fingerprint density at radius 2 is 1.78 bits per heavy atom. The molecule has 0 aliphatic rings. The number of hydrogen-bond donors (Lipinski definition) is 2. The lowest BCUT2D eigenvalue weighted by atomic mass is 10.1.